The fraction of sp³-hybridized carbons (Fsp3) is 0.529. The van der Waals surface area contributed by atoms with Gasteiger partial charge in [-0.25, -0.2) is 4.99 Å². The Labute approximate surface area is 144 Å². The van der Waals surface area contributed by atoms with E-state index in [1.165, 1.54) is 4.90 Å². The number of hydrogen-bond donors (Lipinski definition) is 2. The van der Waals surface area contributed by atoms with E-state index in [0.29, 0.717) is 12.5 Å². The highest BCUT2D eigenvalue weighted by Crippen LogP contribution is 2.29. The minimum Gasteiger partial charge on any atom is -0.497 e. The molecule has 1 aromatic carbocycles. The Hall–Kier alpha value is -2.44. The normalized spacial score (nSPS) is 12.3. The molecule has 0 aliphatic heterocycles. The Balaban J connectivity index is 2.93. The van der Waals surface area contributed by atoms with Crippen molar-refractivity contribution in [3.8, 4) is 11.5 Å². The van der Waals surface area contributed by atoms with E-state index in [4.69, 9.17) is 9.47 Å². The van der Waals surface area contributed by atoms with Crippen LogP contribution in [-0.2, 0) is 4.79 Å². The summed E-state index contributed by atoms with van der Waals surface area (Å²) in [5, 5.41) is 6.43. The number of methoxy groups -OCH3 is 2. The molecule has 0 heterocycles. The molecular weight excluding hydrogens is 308 g/mol. The largest absolute Gasteiger partial charge is 0.497 e. The summed E-state index contributed by atoms with van der Waals surface area (Å²) in [5.41, 5.74) is 0.946. The van der Waals surface area contributed by atoms with Crippen LogP contribution in [0.2, 0.25) is 0 Å². The minimum atomic E-state index is -0.0812. The summed E-state index contributed by atoms with van der Waals surface area (Å²) >= 11 is 0. The molecule has 1 unspecified atom stereocenters. The zero-order valence-corrected chi connectivity index (χ0v) is 15.3. The fourth-order valence-corrected chi connectivity index (χ4v) is 2.07. The van der Waals surface area contributed by atoms with Crippen LogP contribution in [-0.4, -0.2) is 58.2 Å². The average Bonchev–Trinajstić information content (AvgIpc) is 2.58. The quantitative estimate of drug-likeness (QED) is 0.582. The third-order valence-corrected chi connectivity index (χ3v) is 3.47. The first kappa shape index (κ1) is 19.6. The molecule has 0 fully saturated rings. The molecule has 1 amide bonds. The van der Waals surface area contributed by atoms with Crippen LogP contribution in [0.15, 0.2) is 23.2 Å². The number of benzene rings is 1. The molecule has 1 rings (SSSR count). The van der Waals surface area contributed by atoms with Crippen molar-refractivity contribution >= 4 is 11.9 Å². The zero-order valence-electron chi connectivity index (χ0n) is 15.3. The van der Waals surface area contributed by atoms with E-state index >= 15 is 0 Å². The molecule has 1 atom stereocenters. The second-order valence-corrected chi connectivity index (χ2v) is 5.46. The number of nitrogens with one attached hydrogen (secondary N) is 2. The summed E-state index contributed by atoms with van der Waals surface area (Å²) in [6.45, 7) is 4.76. The number of rotatable bonds is 7. The van der Waals surface area contributed by atoms with Gasteiger partial charge in [-0.2, -0.15) is 0 Å². The van der Waals surface area contributed by atoms with Gasteiger partial charge in [0.2, 0.25) is 5.91 Å². The smallest absolute Gasteiger partial charge is 0.243 e. The van der Waals surface area contributed by atoms with E-state index in [1.54, 1.807) is 28.3 Å². The highest BCUT2D eigenvalue weighted by molar-refractivity contribution is 5.85. The molecule has 134 valence electrons. The molecule has 0 bridgehead atoms. The van der Waals surface area contributed by atoms with Gasteiger partial charge in [0.15, 0.2) is 5.96 Å². The Morgan fingerprint density at radius 3 is 2.54 bits per heavy atom. The number of hydrogen-bond acceptors (Lipinski definition) is 4. The summed E-state index contributed by atoms with van der Waals surface area (Å²) in [6, 6.07) is 5.56. The highest BCUT2D eigenvalue weighted by Gasteiger charge is 2.14. The summed E-state index contributed by atoms with van der Waals surface area (Å²) in [5.74, 6) is 2.03. The van der Waals surface area contributed by atoms with Gasteiger partial charge in [-0.3, -0.25) is 4.79 Å². The van der Waals surface area contributed by atoms with Gasteiger partial charge in [-0.05, 0) is 32.0 Å². The topological polar surface area (TPSA) is 75.2 Å². The highest BCUT2D eigenvalue weighted by atomic mass is 16.5. The van der Waals surface area contributed by atoms with Crippen molar-refractivity contribution < 1.29 is 14.3 Å². The van der Waals surface area contributed by atoms with Crippen molar-refractivity contribution in [1.82, 2.24) is 15.5 Å². The van der Waals surface area contributed by atoms with Crippen LogP contribution in [0.1, 0.15) is 25.5 Å². The molecule has 0 aliphatic rings. The van der Waals surface area contributed by atoms with Crippen LogP contribution >= 0.6 is 0 Å². The second kappa shape index (κ2) is 9.64. The molecule has 0 saturated carbocycles. The molecule has 0 aliphatic carbocycles. The fourth-order valence-electron chi connectivity index (χ4n) is 2.07. The van der Waals surface area contributed by atoms with E-state index in [1.807, 2.05) is 32.0 Å². The standard InChI is InChI=1S/C17H28N4O3/c1-7-18-17(19-11-16(22)21(3)4)20-12(2)14-10-13(23-5)8-9-15(14)24-6/h8-10,12H,7,11H2,1-6H3,(H2,18,19,20). The van der Waals surface area contributed by atoms with Gasteiger partial charge in [-0.15, -0.1) is 0 Å². The van der Waals surface area contributed by atoms with Gasteiger partial charge in [0.05, 0.1) is 20.3 Å². The summed E-state index contributed by atoms with van der Waals surface area (Å²) in [7, 11) is 6.68. The van der Waals surface area contributed by atoms with Crippen molar-refractivity contribution in [2.75, 3.05) is 41.4 Å². The van der Waals surface area contributed by atoms with Crippen molar-refractivity contribution in [3.05, 3.63) is 23.8 Å². The van der Waals surface area contributed by atoms with Gasteiger partial charge < -0.3 is 25.0 Å². The van der Waals surface area contributed by atoms with Crippen molar-refractivity contribution in [1.29, 1.82) is 0 Å². The van der Waals surface area contributed by atoms with Gasteiger partial charge in [0.25, 0.3) is 0 Å². The maximum Gasteiger partial charge on any atom is 0.243 e. The number of aliphatic imine (C=N–C) groups is 1. The summed E-state index contributed by atoms with van der Waals surface area (Å²) < 4.78 is 10.7. The van der Waals surface area contributed by atoms with Crippen LogP contribution in [0.25, 0.3) is 0 Å². The predicted molar refractivity (Wildman–Crippen MR) is 95.8 cm³/mol. The molecular formula is C17H28N4O3. The van der Waals surface area contributed by atoms with Crippen LogP contribution in [0, 0.1) is 0 Å². The SMILES string of the molecule is CCNC(=NCC(=O)N(C)C)NC(C)c1cc(OC)ccc1OC. The molecule has 0 spiro atoms. The van der Waals surface area contributed by atoms with Crippen molar-refractivity contribution in [3.63, 3.8) is 0 Å². The van der Waals surface area contributed by atoms with Gasteiger partial charge in [-0.1, -0.05) is 0 Å². The van der Waals surface area contributed by atoms with E-state index in [-0.39, 0.29) is 18.5 Å². The number of carbonyl (C=O) groups excluding carboxylic acids is 1. The number of ether oxygens (including phenoxy) is 2. The average molecular weight is 336 g/mol. The Bertz CT molecular complexity index is 573. The lowest BCUT2D eigenvalue weighted by Crippen LogP contribution is -2.39. The van der Waals surface area contributed by atoms with Crippen LogP contribution in [0.3, 0.4) is 0 Å². The van der Waals surface area contributed by atoms with Crippen molar-refractivity contribution in [2.24, 2.45) is 4.99 Å². The van der Waals surface area contributed by atoms with Gasteiger partial charge >= 0.3 is 0 Å². The van der Waals surface area contributed by atoms with E-state index in [9.17, 15) is 4.79 Å². The first-order valence-electron chi connectivity index (χ1n) is 7.89. The lowest BCUT2D eigenvalue weighted by molar-refractivity contribution is -0.127. The van der Waals surface area contributed by atoms with Gasteiger partial charge in [0, 0.05) is 26.2 Å². The van der Waals surface area contributed by atoms with Crippen LogP contribution in [0.4, 0.5) is 0 Å². The molecule has 0 aromatic heterocycles. The lowest BCUT2D eigenvalue weighted by atomic mass is 10.1. The predicted octanol–water partition coefficient (Wildman–Crippen LogP) is 1.41. The van der Waals surface area contributed by atoms with Crippen LogP contribution in [0.5, 0.6) is 11.5 Å². The molecule has 24 heavy (non-hydrogen) atoms. The van der Waals surface area contributed by atoms with Crippen LogP contribution < -0.4 is 20.1 Å². The number of nitrogens with zero attached hydrogens (tertiary/aromatic N) is 2. The number of carbonyl (C=O) groups is 1. The maximum atomic E-state index is 11.7. The van der Waals surface area contributed by atoms with E-state index < -0.39 is 0 Å². The minimum absolute atomic E-state index is 0.0567. The molecule has 0 saturated heterocycles. The third-order valence-electron chi connectivity index (χ3n) is 3.47. The summed E-state index contributed by atoms with van der Waals surface area (Å²) in [4.78, 5) is 17.6. The zero-order chi connectivity index (χ0) is 18.1. The van der Waals surface area contributed by atoms with E-state index in [2.05, 4.69) is 15.6 Å². The molecule has 2 N–H and O–H groups in total. The first-order valence-corrected chi connectivity index (χ1v) is 7.89. The van der Waals surface area contributed by atoms with E-state index in [0.717, 1.165) is 17.1 Å². The molecule has 7 nitrogen and oxygen atoms in total. The lowest BCUT2D eigenvalue weighted by Gasteiger charge is -2.21. The third kappa shape index (κ3) is 5.64. The molecule has 0 radical (unpaired) electrons. The second-order valence-electron chi connectivity index (χ2n) is 5.46. The first-order chi connectivity index (χ1) is 11.4. The maximum absolute atomic E-state index is 11.7. The van der Waals surface area contributed by atoms with Gasteiger partial charge in [0.1, 0.15) is 18.0 Å². The number of amides is 1. The number of guanidine groups is 1. The number of likely N-dealkylation sites (N-methyl/N-ethyl adjacent to an activating group) is 1. The Morgan fingerprint density at radius 2 is 2.00 bits per heavy atom. The molecule has 1 aromatic rings. The monoisotopic (exact) mass is 336 g/mol. The molecule has 7 heteroatoms. The Morgan fingerprint density at radius 1 is 1.29 bits per heavy atom. The summed E-state index contributed by atoms with van der Waals surface area (Å²) in [6.07, 6.45) is 0. The van der Waals surface area contributed by atoms with Crippen molar-refractivity contribution in [2.45, 2.75) is 19.9 Å². The Kier molecular flexibility index (Phi) is 7.88.